The van der Waals surface area contributed by atoms with Gasteiger partial charge in [0, 0.05) is 12.6 Å². The van der Waals surface area contributed by atoms with Crippen molar-refractivity contribution in [1.29, 1.82) is 0 Å². The summed E-state index contributed by atoms with van der Waals surface area (Å²) in [6, 6.07) is 11.3. The minimum absolute atomic E-state index is 0.0659. The van der Waals surface area contributed by atoms with E-state index in [1.807, 2.05) is 38.1 Å². The van der Waals surface area contributed by atoms with Crippen molar-refractivity contribution in [2.24, 2.45) is 0 Å². The molecule has 26 heavy (non-hydrogen) atoms. The van der Waals surface area contributed by atoms with Crippen LogP contribution in [0, 0.1) is 13.8 Å². The maximum atomic E-state index is 12.2. The molecular weight excluding hydrogens is 350 g/mol. The van der Waals surface area contributed by atoms with Crippen LogP contribution in [0.3, 0.4) is 0 Å². The van der Waals surface area contributed by atoms with Crippen LogP contribution in [0.15, 0.2) is 36.4 Å². The molecule has 7 heteroatoms. The summed E-state index contributed by atoms with van der Waals surface area (Å²) in [5.41, 5.74) is 3.41. The first-order valence-electron chi connectivity index (χ1n) is 8.09. The third-order valence-corrected chi connectivity index (χ3v) is 4.65. The minimum Gasteiger partial charge on any atom is -0.483 e. The first-order valence-corrected chi connectivity index (χ1v) is 8.91. The average Bonchev–Trinajstić information content (AvgIpc) is 2.95. The second-order valence-corrected chi connectivity index (χ2v) is 6.97. The highest BCUT2D eigenvalue weighted by atomic mass is 32.1. The molecule has 2 aromatic carbocycles. The van der Waals surface area contributed by atoms with Gasteiger partial charge >= 0.3 is 0 Å². The number of hydrogen-bond donors (Lipinski definition) is 2. The van der Waals surface area contributed by atoms with E-state index in [0.717, 1.165) is 27.1 Å². The molecular formula is C19H19N3O3S. The van der Waals surface area contributed by atoms with Crippen LogP contribution >= 0.6 is 11.3 Å². The van der Waals surface area contributed by atoms with Crippen LogP contribution in [-0.2, 0) is 9.59 Å². The maximum Gasteiger partial charge on any atom is 0.262 e. The molecule has 0 aliphatic carbocycles. The van der Waals surface area contributed by atoms with Crippen LogP contribution in [0.25, 0.3) is 10.2 Å². The molecule has 134 valence electrons. The third kappa shape index (κ3) is 4.18. The molecule has 3 rings (SSSR count). The lowest BCUT2D eigenvalue weighted by atomic mass is 10.1. The fourth-order valence-corrected chi connectivity index (χ4v) is 3.52. The van der Waals surface area contributed by atoms with Gasteiger partial charge in [0.05, 0.1) is 10.2 Å². The van der Waals surface area contributed by atoms with Crippen LogP contribution < -0.4 is 15.4 Å². The van der Waals surface area contributed by atoms with E-state index in [-0.39, 0.29) is 18.4 Å². The van der Waals surface area contributed by atoms with Gasteiger partial charge in [0.25, 0.3) is 5.91 Å². The topological polar surface area (TPSA) is 80.3 Å². The van der Waals surface area contributed by atoms with Crippen molar-refractivity contribution in [3.8, 4) is 5.75 Å². The predicted octanol–water partition coefficient (Wildman–Crippen LogP) is 3.89. The second kappa shape index (κ2) is 7.53. The summed E-state index contributed by atoms with van der Waals surface area (Å²) < 4.78 is 6.54. The van der Waals surface area contributed by atoms with E-state index in [9.17, 15) is 9.59 Å². The molecule has 0 saturated carbocycles. The van der Waals surface area contributed by atoms with E-state index in [0.29, 0.717) is 10.8 Å². The van der Waals surface area contributed by atoms with Gasteiger partial charge in [-0.1, -0.05) is 29.5 Å². The Labute approximate surface area is 155 Å². The number of hydrogen-bond acceptors (Lipinski definition) is 5. The molecule has 0 aliphatic rings. The minimum atomic E-state index is -0.237. The number of aryl methyl sites for hydroxylation is 2. The Morgan fingerprint density at radius 3 is 2.54 bits per heavy atom. The number of nitrogens with one attached hydrogen (secondary N) is 2. The number of aromatic nitrogens is 1. The van der Waals surface area contributed by atoms with Gasteiger partial charge in [0.15, 0.2) is 11.7 Å². The van der Waals surface area contributed by atoms with Gasteiger partial charge in [-0.05, 0) is 43.2 Å². The highest BCUT2D eigenvalue weighted by molar-refractivity contribution is 7.22. The molecule has 0 fully saturated rings. The fourth-order valence-electron chi connectivity index (χ4n) is 2.57. The number of nitrogens with zero attached hydrogens (tertiary/aromatic N) is 1. The van der Waals surface area contributed by atoms with Crippen molar-refractivity contribution in [2.75, 3.05) is 17.2 Å². The van der Waals surface area contributed by atoms with Crippen LogP contribution in [-0.4, -0.2) is 23.4 Å². The van der Waals surface area contributed by atoms with E-state index in [2.05, 4.69) is 15.6 Å². The molecule has 3 aromatic rings. The molecule has 0 saturated heterocycles. The maximum absolute atomic E-state index is 12.2. The zero-order valence-electron chi connectivity index (χ0n) is 14.8. The van der Waals surface area contributed by atoms with Crippen molar-refractivity contribution in [1.82, 2.24) is 4.98 Å². The number of para-hydroxylation sites is 1. The second-order valence-electron chi connectivity index (χ2n) is 5.94. The van der Waals surface area contributed by atoms with Crippen LogP contribution in [0.5, 0.6) is 5.75 Å². The summed E-state index contributed by atoms with van der Waals surface area (Å²) >= 11 is 1.36. The average molecular weight is 369 g/mol. The number of amides is 2. The monoisotopic (exact) mass is 369 g/mol. The lowest BCUT2D eigenvalue weighted by molar-refractivity contribution is -0.118. The molecule has 0 radical (unpaired) electrons. The zero-order chi connectivity index (χ0) is 18.7. The van der Waals surface area contributed by atoms with Gasteiger partial charge in [-0.2, -0.15) is 0 Å². The molecule has 0 aliphatic heterocycles. The van der Waals surface area contributed by atoms with Gasteiger partial charge < -0.3 is 15.4 Å². The number of anilines is 2. The number of rotatable bonds is 5. The summed E-state index contributed by atoms with van der Waals surface area (Å²) in [6.07, 6.45) is 0. The third-order valence-electron chi connectivity index (χ3n) is 3.71. The lowest BCUT2D eigenvalue weighted by Gasteiger charge is -2.12. The van der Waals surface area contributed by atoms with E-state index >= 15 is 0 Å². The molecule has 6 nitrogen and oxygen atoms in total. The van der Waals surface area contributed by atoms with Gasteiger partial charge in [-0.25, -0.2) is 4.98 Å². The quantitative estimate of drug-likeness (QED) is 0.715. The Bertz CT molecular complexity index is 961. The molecule has 0 spiro atoms. The first kappa shape index (κ1) is 17.9. The van der Waals surface area contributed by atoms with Crippen molar-refractivity contribution in [2.45, 2.75) is 20.8 Å². The number of carbonyl (C=O) groups is 2. The van der Waals surface area contributed by atoms with E-state index in [4.69, 9.17) is 4.74 Å². The number of ether oxygens (including phenoxy) is 1. The van der Waals surface area contributed by atoms with E-state index in [1.165, 1.54) is 18.3 Å². The summed E-state index contributed by atoms with van der Waals surface area (Å²) in [6.45, 7) is 5.27. The summed E-state index contributed by atoms with van der Waals surface area (Å²) in [7, 11) is 0. The predicted molar refractivity (Wildman–Crippen MR) is 104 cm³/mol. The standard InChI is InChI=1S/C19H19N3O3S/c1-11-5-4-6-12(2)18(11)25-10-17(24)21-14-7-8-15-16(9-14)26-19(22-15)20-13(3)23/h4-9H,10H2,1-3H3,(H,21,24)(H,20,22,23). The number of carbonyl (C=O) groups excluding carboxylic acids is 2. The van der Waals surface area contributed by atoms with E-state index < -0.39 is 0 Å². The van der Waals surface area contributed by atoms with Crippen molar-refractivity contribution >= 4 is 44.2 Å². The van der Waals surface area contributed by atoms with E-state index in [1.54, 1.807) is 12.1 Å². The molecule has 1 heterocycles. The Morgan fingerprint density at radius 1 is 1.12 bits per heavy atom. The number of fused-ring (bicyclic) bond motifs is 1. The van der Waals surface area contributed by atoms with Crippen LogP contribution in [0.1, 0.15) is 18.1 Å². The Kier molecular flexibility index (Phi) is 5.18. The highest BCUT2D eigenvalue weighted by Gasteiger charge is 2.10. The van der Waals surface area contributed by atoms with Crippen molar-refractivity contribution < 1.29 is 14.3 Å². The Morgan fingerprint density at radius 2 is 1.85 bits per heavy atom. The molecule has 0 atom stereocenters. The van der Waals surface area contributed by atoms with Gasteiger partial charge in [-0.15, -0.1) is 0 Å². The Balaban J connectivity index is 1.66. The number of thiazole rings is 1. The summed E-state index contributed by atoms with van der Waals surface area (Å²) in [5.74, 6) is 0.334. The van der Waals surface area contributed by atoms with Crippen LogP contribution in [0.2, 0.25) is 0 Å². The van der Waals surface area contributed by atoms with Gasteiger partial charge in [-0.3, -0.25) is 9.59 Å². The molecule has 2 N–H and O–H groups in total. The molecule has 0 bridgehead atoms. The summed E-state index contributed by atoms with van der Waals surface area (Å²) in [5, 5.41) is 6.02. The fraction of sp³-hybridized carbons (Fsp3) is 0.211. The van der Waals surface area contributed by atoms with Crippen molar-refractivity contribution in [3.63, 3.8) is 0 Å². The smallest absolute Gasteiger partial charge is 0.262 e. The normalized spacial score (nSPS) is 10.6. The first-order chi connectivity index (χ1) is 12.4. The summed E-state index contributed by atoms with van der Waals surface area (Å²) in [4.78, 5) is 27.6. The lowest BCUT2D eigenvalue weighted by Crippen LogP contribution is -2.20. The molecule has 2 amide bonds. The highest BCUT2D eigenvalue weighted by Crippen LogP contribution is 2.28. The molecule has 1 aromatic heterocycles. The van der Waals surface area contributed by atoms with Gasteiger partial charge in [0.1, 0.15) is 5.75 Å². The Hall–Kier alpha value is -2.93. The van der Waals surface area contributed by atoms with Crippen LogP contribution in [0.4, 0.5) is 10.8 Å². The zero-order valence-corrected chi connectivity index (χ0v) is 15.6. The van der Waals surface area contributed by atoms with Gasteiger partial charge in [0.2, 0.25) is 5.91 Å². The van der Waals surface area contributed by atoms with Crippen molar-refractivity contribution in [3.05, 3.63) is 47.5 Å². The molecule has 0 unspecified atom stereocenters. The number of benzene rings is 2. The SMILES string of the molecule is CC(=O)Nc1nc2ccc(NC(=O)COc3c(C)cccc3C)cc2s1. The largest absolute Gasteiger partial charge is 0.483 e.